The summed E-state index contributed by atoms with van der Waals surface area (Å²) in [6.07, 6.45) is 0. The molecule has 2 N–H and O–H groups in total. The molecule has 0 bridgehead atoms. The molecule has 0 unspecified atom stereocenters. The lowest BCUT2D eigenvalue weighted by Crippen LogP contribution is -2.15. The van der Waals surface area contributed by atoms with Crippen molar-refractivity contribution < 1.29 is 16.8 Å². The number of benzene rings is 6. The largest absolute Gasteiger partial charge is 0.280 e. The number of hydrogen-bond acceptors (Lipinski definition) is 4. The van der Waals surface area contributed by atoms with Gasteiger partial charge in [0, 0.05) is 11.4 Å². The van der Waals surface area contributed by atoms with Crippen LogP contribution < -0.4 is 9.44 Å². The Morgan fingerprint density at radius 3 is 1.19 bits per heavy atom. The third kappa shape index (κ3) is 9.99. The molecule has 6 rings (SSSR count). The number of nitrogens with one attached hydrogen (secondary N) is 2. The van der Waals surface area contributed by atoms with E-state index in [1.165, 1.54) is 5.56 Å². The highest BCUT2D eigenvalue weighted by Crippen LogP contribution is 2.28. The quantitative estimate of drug-likeness (QED) is 0.163. The molecule has 268 valence electrons. The first kappa shape index (κ1) is 38.1. The van der Waals surface area contributed by atoms with Crippen molar-refractivity contribution >= 4 is 31.4 Å². The number of sulfonamides is 2. The van der Waals surface area contributed by atoms with Crippen LogP contribution in [0.3, 0.4) is 0 Å². The van der Waals surface area contributed by atoms with Gasteiger partial charge in [0.25, 0.3) is 20.0 Å². The summed E-state index contributed by atoms with van der Waals surface area (Å²) in [4.78, 5) is 0.507. The zero-order chi connectivity index (χ0) is 37.6. The molecule has 0 radical (unpaired) electrons. The zero-order valence-electron chi connectivity index (χ0n) is 30.5. The predicted molar refractivity (Wildman–Crippen MR) is 216 cm³/mol. The highest BCUT2D eigenvalue weighted by atomic mass is 32.2. The number of hydrogen-bond donors (Lipinski definition) is 2. The Morgan fingerprint density at radius 2 is 0.731 bits per heavy atom. The minimum atomic E-state index is -3.66. The van der Waals surface area contributed by atoms with Gasteiger partial charge in [0.05, 0.1) is 9.79 Å². The molecule has 0 aliphatic carbocycles. The molecule has 0 aromatic heterocycles. The summed E-state index contributed by atoms with van der Waals surface area (Å²) < 4.78 is 56.0. The lowest BCUT2D eigenvalue weighted by molar-refractivity contribution is 0.587. The fourth-order valence-corrected chi connectivity index (χ4v) is 7.56. The molecule has 0 fully saturated rings. The molecule has 0 heterocycles. The number of anilines is 2. The van der Waals surface area contributed by atoms with Gasteiger partial charge >= 0.3 is 0 Å². The molecule has 0 saturated heterocycles. The van der Waals surface area contributed by atoms with E-state index in [1.54, 1.807) is 30.3 Å². The normalized spacial score (nSPS) is 12.0. The van der Waals surface area contributed by atoms with E-state index in [-0.39, 0.29) is 20.6 Å². The SMILES string of the molecule is CC(C)(C)c1ccc(NS(=O)(=O)c2ccc(C(C)(C)C)cc2)cc1.O=S(=O)(Nc1cccc(-c2ccccc2)c1)c1ccc(-c2ccccc2)cc1. The molecule has 6 nitrogen and oxygen atoms in total. The highest BCUT2D eigenvalue weighted by Gasteiger charge is 2.19. The van der Waals surface area contributed by atoms with Gasteiger partial charge < -0.3 is 0 Å². The van der Waals surface area contributed by atoms with Gasteiger partial charge in [-0.3, -0.25) is 9.44 Å². The highest BCUT2D eigenvalue weighted by molar-refractivity contribution is 7.93. The molecule has 0 saturated carbocycles. The standard InChI is InChI=1S/C24H19NO2S.C20H27NO2S/c26-28(27,24-16-14-21(15-17-24)19-8-3-1-4-9-19)25-23-13-7-12-22(18-23)20-10-5-2-6-11-20;1-19(2,3)15-7-11-17(12-8-15)21-24(22,23)18-13-9-16(10-14-18)20(4,5)6/h1-18,25H;7-14,21H,1-6H3. The van der Waals surface area contributed by atoms with Crippen molar-refractivity contribution in [2.75, 3.05) is 9.44 Å². The van der Waals surface area contributed by atoms with Crippen LogP contribution in [0.15, 0.2) is 168 Å². The van der Waals surface area contributed by atoms with Gasteiger partial charge in [-0.15, -0.1) is 0 Å². The third-order valence-electron chi connectivity index (χ3n) is 8.53. The lowest BCUT2D eigenvalue weighted by atomic mass is 9.87. The van der Waals surface area contributed by atoms with Crippen molar-refractivity contribution in [2.24, 2.45) is 0 Å². The van der Waals surface area contributed by atoms with E-state index in [0.29, 0.717) is 11.4 Å². The molecule has 0 aliphatic heterocycles. The molecular weight excluding hydrogens is 685 g/mol. The van der Waals surface area contributed by atoms with Crippen molar-refractivity contribution in [3.63, 3.8) is 0 Å². The Balaban J connectivity index is 0.000000204. The van der Waals surface area contributed by atoms with Crippen molar-refractivity contribution in [1.82, 2.24) is 0 Å². The fourth-order valence-electron chi connectivity index (χ4n) is 5.45. The maximum atomic E-state index is 12.8. The van der Waals surface area contributed by atoms with Crippen molar-refractivity contribution in [1.29, 1.82) is 0 Å². The summed E-state index contributed by atoms with van der Waals surface area (Å²) in [6, 6.07) is 48.6. The van der Waals surface area contributed by atoms with Crippen LogP contribution in [0.2, 0.25) is 0 Å². The second kappa shape index (κ2) is 15.6. The predicted octanol–water partition coefficient (Wildman–Crippen LogP) is 10.9. The monoisotopic (exact) mass is 730 g/mol. The van der Waals surface area contributed by atoms with E-state index in [2.05, 4.69) is 51.0 Å². The zero-order valence-corrected chi connectivity index (χ0v) is 32.1. The molecule has 0 atom stereocenters. The van der Waals surface area contributed by atoms with E-state index < -0.39 is 20.0 Å². The van der Waals surface area contributed by atoms with Gasteiger partial charge in [0.15, 0.2) is 0 Å². The van der Waals surface area contributed by atoms with Crippen molar-refractivity contribution in [2.45, 2.75) is 62.2 Å². The first-order valence-electron chi connectivity index (χ1n) is 17.1. The topological polar surface area (TPSA) is 92.3 Å². The summed E-state index contributed by atoms with van der Waals surface area (Å²) >= 11 is 0. The Morgan fingerprint density at radius 1 is 0.365 bits per heavy atom. The fraction of sp³-hybridized carbons (Fsp3) is 0.182. The third-order valence-corrected chi connectivity index (χ3v) is 11.3. The summed E-state index contributed by atoms with van der Waals surface area (Å²) in [5, 5.41) is 0. The Kier molecular flexibility index (Phi) is 11.4. The lowest BCUT2D eigenvalue weighted by Gasteiger charge is -2.20. The van der Waals surface area contributed by atoms with Crippen LogP contribution in [0.4, 0.5) is 11.4 Å². The first-order valence-corrected chi connectivity index (χ1v) is 20.1. The van der Waals surface area contributed by atoms with E-state index >= 15 is 0 Å². The molecule has 0 amide bonds. The van der Waals surface area contributed by atoms with Crippen molar-refractivity contribution in [3.8, 4) is 22.3 Å². The maximum absolute atomic E-state index is 12.8. The van der Waals surface area contributed by atoms with Crippen LogP contribution in [0, 0.1) is 0 Å². The van der Waals surface area contributed by atoms with Gasteiger partial charge in [-0.05, 0) is 92.7 Å². The number of rotatable bonds is 8. The van der Waals surface area contributed by atoms with E-state index in [9.17, 15) is 16.8 Å². The Hall–Kier alpha value is -5.18. The summed E-state index contributed by atoms with van der Waals surface area (Å²) in [5.41, 5.74) is 7.45. The summed E-state index contributed by atoms with van der Waals surface area (Å²) in [5.74, 6) is 0. The second-order valence-corrected chi connectivity index (χ2v) is 18.0. The van der Waals surface area contributed by atoms with Gasteiger partial charge in [-0.1, -0.05) is 151 Å². The molecule has 0 aliphatic rings. The molecule has 8 heteroatoms. The van der Waals surface area contributed by atoms with Crippen LogP contribution in [-0.2, 0) is 30.9 Å². The van der Waals surface area contributed by atoms with Crippen LogP contribution in [0.1, 0.15) is 52.7 Å². The van der Waals surface area contributed by atoms with Gasteiger partial charge in [0.1, 0.15) is 0 Å². The van der Waals surface area contributed by atoms with E-state index in [0.717, 1.165) is 27.8 Å². The summed E-state index contributed by atoms with van der Waals surface area (Å²) in [6.45, 7) is 12.7. The van der Waals surface area contributed by atoms with Gasteiger partial charge in [0.2, 0.25) is 0 Å². The van der Waals surface area contributed by atoms with Gasteiger partial charge in [-0.25, -0.2) is 16.8 Å². The van der Waals surface area contributed by atoms with Crippen LogP contribution in [0.5, 0.6) is 0 Å². The molecule has 6 aromatic rings. The average molecular weight is 731 g/mol. The average Bonchev–Trinajstić information content (AvgIpc) is 3.12. The van der Waals surface area contributed by atoms with Crippen LogP contribution in [-0.4, -0.2) is 16.8 Å². The van der Waals surface area contributed by atoms with Gasteiger partial charge in [-0.2, -0.15) is 0 Å². The molecular formula is C44H46N2O4S2. The maximum Gasteiger partial charge on any atom is 0.261 e. The van der Waals surface area contributed by atoms with Crippen molar-refractivity contribution in [3.05, 3.63) is 169 Å². The van der Waals surface area contributed by atoms with E-state index in [4.69, 9.17) is 0 Å². The minimum absolute atomic E-state index is 0.00148. The summed E-state index contributed by atoms with van der Waals surface area (Å²) in [7, 11) is -7.24. The molecule has 52 heavy (non-hydrogen) atoms. The second-order valence-electron chi connectivity index (χ2n) is 14.6. The Labute approximate surface area is 309 Å². The molecule has 6 aromatic carbocycles. The molecule has 0 spiro atoms. The first-order chi connectivity index (χ1) is 24.5. The van der Waals surface area contributed by atoms with Crippen LogP contribution >= 0.6 is 0 Å². The van der Waals surface area contributed by atoms with Crippen LogP contribution in [0.25, 0.3) is 22.3 Å². The van der Waals surface area contributed by atoms with E-state index in [1.807, 2.05) is 127 Å². The minimum Gasteiger partial charge on any atom is -0.280 e. The Bertz CT molecular complexity index is 2290. The smallest absolute Gasteiger partial charge is 0.261 e.